The number of hydrogen-bond donors (Lipinski definition) is 0. The first-order valence-corrected chi connectivity index (χ1v) is 8.88. The number of hydrogen-bond acceptors (Lipinski definition) is 3. The largest absolute Gasteiger partial charge is 0.433 e. The van der Waals surface area contributed by atoms with Crippen LogP contribution in [0.2, 0.25) is 0 Å². The van der Waals surface area contributed by atoms with Gasteiger partial charge in [0, 0.05) is 6.92 Å². The summed E-state index contributed by atoms with van der Waals surface area (Å²) in [5, 5.41) is 2.30. The highest BCUT2D eigenvalue weighted by molar-refractivity contribution is 6.80. The van der Waals surface area contributed by atoms with Crippen molar-refractivity contribution in [3.8, 4) is 0 Å². The lowest BCUT2D eigenvalue weighted by Gasteiger charge is -2.22. The Morgan fingerprint density at radius 3 is 1.91 bits per heavy atom. The monoisotopic (exact) mass is 312 g/mol. The molecule has 0 amide bonds. The number of allylic oxidation sites excluding steroid dienone is 1. The molecule has 2 aromatic rings. The van der Waals surface area contributed by atoms with Crippen molar-refractivity contribution in [2.45, 2.75) is 20.1 Å². The Kier molecular flexibility index (Phi) is 6.12. The third kappa shape index (κ3) is 4.68. The van der Waals surface area contributed by atoms with Crippen molar-refractivity contribution in [1.82, 2.24) is 0 Å². The van der Waals surface area contributed by atoms with Crippen LogP contribution in [-0.2, 0) is 14.0 Å². The lowest BCUT2D eigenvalue weighted by Crippen LogP contribution is -2.47. The Labute approximate surface area is 132 Å². The number of benzene rings is 2. The van der Waals surface area contributed by atoms with Gasteiger partial charge in [0.2, 0.25) is 15.3 Å². The molecule has 114 valence electrons. The molecule has 3 nitrogen and oxygen atoms in total. The van der Waals surface area contributed by atoms with Crippen molar-refractivity contribution in [1.29, 1.82) is 0 Å². The molecule has 0 bridgehead atoms. The predicted octanol–water partition coefficient (Wildman–Crippen LogP) is 2.01. The van der Waals surface area contributed by atoms with E-state index >= 15 is 0 Å². The highest BCUT2D eigenvalue weighted by atomic mass is 28.3. The molecule has 0 heterocycles. The van der Waals surface area contributed by atoms with Crippen molar-refractivity contribution < 1.29 is 14.0 Å². The zero-order valence-electron chi connectivity index (χ0n) is 12.8. The second-order valence-corrected chi connectivity index (χ2v) is 7.21. The molecule has 0 spiro atoms. The topological polar surface area (TPSA) is 35.5 Å². The van der Waals surface area contributed by atoms with Gasteiger partial charge in [-0.15, -0.1) is 0 Å². The Hall–Kier alpha value is -2.17. The zero-order valence-corrected chi connectivity index (χ0v) is 14.0. The summed E-state index contributed by atoms with van der Waals surface area (Å²) in [6, 6.07) is 20.2. The highest BCUT2D eigenvalue weighted by Crippen LogP contribution is 2.03. The second-order valence-electron chi connectivity index (χ2n) is 4.84. The Morgan fingerprint density at radius 1 is 1.00 bits per heavy atom. The molecule has 0 aliphatic heterocycles. The molecule has 4 heteroatoms. The van der Waals surface area contributed by atoms with Crippen molar-refractivity contribution in [2.24, 2.45) is 0 Å². The van der Waals surface area contributed by atoms with Crippen LogP contribution in [0.15, 0.2) is 72.8 Å². The molecule has 0 N–H and O–H groups in total. The summed E-state index contributed by atoms with van der Waals surface area (Å²) in [7, 11) is -1.93. The van der Waals surface area contributed by atoms with E-state index in [0.717, 1.165) is 10.4 Å². The van der Waals surface area contributed by atoms with E-state index < -0.39 is 15.3 Å². The van der Waals surface area contributed by atoms with Gasteiger partial charge in [0.1, 0.15) is 0 Å². The molecule has 0 fully saturated rings. The SMILES string of the molecule is CC=CC(OC(C)=O)O[SiH](c1ccccc1)c1ccccc1. The summed E-state index contributed by atoms with van der Waals surface area (Å²) >= 11 is 0. The third-order valence-corrected chi connectivity index (χ3v) is 5.63. The minimum atomic E-state index is -1.93. The highest BCUT2D eigenvalue weighted by Gasteiger charge is 2.22. The first-order valence-electron chi connectivity index (χ1n) is 7.26. The van der Waals surface area contributed by atoms with Gasteiger partial charge in [-0.1, -0.05) is 66.7 Å². The number of carbonyl (C=O) groups excluding carboxylic acids is 1. The molecule has 0 saturated carbocycles. The Bertz CT molecular complexity index is 571. The van der Waals surface area contributed by atoms with Crippen molar-refractivity contribution in [2.75, 3.05) is 0 Å². The van der Waals surface area contributed by atoms with E-state index in [4.69, 9.17) is 9.16 Å². The van der Waals surface area contributed by atoms with Gasteiger partial charge in [0.25, 0.3) is 0 Å². The quantitative estimate of drug-likeness (QED) is 0.354. The molecule has 2 rings (SSSR count). The average molecular weight is 312 g/mol. The maximum atomic E-state index is 11.3. The average Bonchev–Trinajstić information content (AvgIpc) is 2.54. The van der Waals surface area contributed by atoms with Gasteiger partial charge >= 0.3 is 5.97 Å². The lowest BCUT2D eigenvalue weighted by molar-refractivity contribution is -0.155. The molecule has 0 radical (unpaired) electrons. The second kappa shape index (κ2) is 8.31. The summed E-state index contributed by atoms with van der Waals surface area (Å²) in [6.07, 6.45) is 2.93. The fraction of sp³-hybridized carbons (Fsp3) is 0.167. The molecule has 1 unspecified atom stereocenters. The van der Waals surface area contributed by atoms with Gasteiger partial charge in [0.05, 0.1) is 0 Å². The number of esters is 1. The molecule has 0 saturated heterocycles. The zero-order chi connectivity index (χ0) is 15.8. The summed E-state index contributed by atoms with van der Waals surface area (Å²) < 4.78 is 11.4. The Balaban J connectivity index is 2.30. The standard InChI is InChI=1S/C18H20O3Si/c1-3-10-18(20-15(2)19)21-22(16-11-6-4-7-12-16)17-13-8-5-9-14-17/h3-14,18,22H,1-2H3. The van der Waals surface area contributed by atoms with E-state index in [1.165, 1.54) is 6.92 Å². The normalized spacial score (nSPS) is 12.5. The minimum absolute atomic E-state index is 0.350. The molecule has 0 aromatic heterocycles. The van der Waals surface area contributed by atoms with E-state index in [0.29, 0.717) is 0 Å². The fourth-order valence-corrected chi connectivity index (χ4v) is 4.43. The first kappa shape index (κ1) is 16.2. The summed E-state index contributed by atoms with van der Waals surface area (Å²) in [5.41, 5.74) is 0. The molecule has 2 aromatic carbocycles. The van der Waals surface area contributed by atoms with E-state index in [1.54, 1.807) is 6.08 Å². The summed E-state index contributed by atoms with van der Waals surface area (Å²) in [6.45, 7) is 3.27. The van der Waals surface area contributed by atoms with Crippen LogP contribution in [0.3, 0.4) is 0 Å². The lowest BCUT2D eigenvalue weighted by atomic mass is 10.4. The van der Waals surface area contributed by atoms with Gasteiger partial charge in [-0.2, -0.15) is 0 Å². The van der Waals surface area contributed by atoms with Crippen molar-refractivity contribution >= 4 is 25.4 Å². The molecule has 22 heavy (non-hydrogen) atoms. The number of rotatable bonds is 6. The minimum Gasteiger partial charge on any atom is -0.433 e. The molecule has 1 atom stereocenters. The van der Waals surface area contributed by atoms with Crippen LogP contribution in [0.4, 0.5) is 0 Å². The van der Waals surface area contributed by atoms with Crippen LogP contribution < -0.4 is 10.4 Å². The number of carbonyl (C=O) groups is 1. The van der Waals surface area contributed by atoms with Crippen molar-refractivity contribution in [3.63, 3.8) is 0 Å². The van der Waals surface area contributed by atoms with Gasteiger partial charge < -0.3 is 9.16 Å². The van der Waals surface area contributed by atoms with Crippen LogP contribution in [0.25, 0.3) is 0 Å². The molecule has 0 aliphatic rings. The molecule has 0 aliphatic carbocycles. The van der Waals surface area contributed by atoms with Gasteiger partial charge in [-0.3, -0.25) is 4.79 Å². The van der Waals surface area contributed by atoms with Gasteiger partial charge in [-0.25, -0.2) is 0 Å². The Morgan fingerprint density at radius 2 is 1.50 bits per heavy atom. The summed E-state index contributed by atoms with van der Waals surface area (Å²) in [5.74, 6) is -0.350. The van der Waals surface area contributed by atoms with E-state index in [-0.39, 0.29) is 5.97 Å². The van der Waals surface area contributed by atoms with Crippen LogP contribution >= 0.6 is 0 Å². The summed E-state index contributed by atoms with van der Waals surface area (Å²) in [4.78, 5) is 11.3. The van der Waals surface area contributed by atoms with E-state index in [1.807, 2.05) is 49.4 Å². The maximum Gasteiger partial charge on any atom is 0.305 e. The van der Waals surface area contributed by atoms with Crippen LogP contribution in [-0.4, -0.2) is 21.3 Å². The van der Waals surface area contributed by atoms with Crippen LogP contribution in [0.1, 0.15) is 13.8 Å². The first-order chi connectivity index (χ1) is 10.7. The third-order valence-electron chi connectivity index (χ3n) is 3.11. The van der Waals surface area contributed by atoms with Crippen LogP contribution in [0.5, 0.6) is 0 Å². The van der Waals surface area contributed by atoms with Crippen LogP contribution in [0, 0.1) is 0 Å². The maximum absolute atomic E-state index is 11.3. The predicted molar refractivity (Wildman–Crippen MR) is 90.8 cm³/mol. The smallest absolute Gasteiger partial charge is 0.305 e. The van der Waals surface area contributed by atoms with Gasteiger partial charge in [0.15, 0.2) is 0 Å². The van der Waals surface area contributed by atoms with Crippen molar-refractivity contribution in [3.05, 3.63) is 72.8 Å². The van der Waals surface area contributed by atoms with Gasteiger partial charge in [-0.05, 0) is 23.4 Å². The number of ether oxygens (including phenoxy) is 1. The molecular formula is C18H20O3Si. The van der Waals surface area contributed by atoms with E-state index in [2.05, 4.69) is 24.3 Å². The van der Waals surface area contributed by atoms with E-state index in [9.17, 15) is 4.79 Å². The molecular weight excluding hydrogens is 292 g/mol. The fourth-order valence-electron chi connectivity index (χ4n) is 2.17.